The second-order valence-electron chi connectivity index (χ2n) is 9.08. The normalized spacial score (nSPS) is 30.6. The molecule has 2 fully saturated rings. The van der Waals surface area contributed by atoms with Gasteiger partial charge in [0.1, 0.15) is 24.4 Å². The Kier molecular flexibility index (Phi) is 8.17. The maximum atomic E-state index is 10.6. The fraction of sp³-hybridized carbons (Fsp3) is 0.556. The molecule has 2 aliphatic rings. The summed E-state index contributed by atoms with van der Waals surface area (Å²) in [6, 6.07) is 16.2. The summed E-state index contributed by atoms with van der Waals surface area (Å²) in [6.45, 7) is 5.87. The van der Waals surface area contributed by atoms with Gasteiger partial charge >= 0.3 is 0 Å². The zero-order chi connectivity index (χ0) is 23.4. The fourth-order valence-electron chi connectivity index (χ4n) is 4.62. The molecule has 2 aliphatic heterocycles. The zero-order valence-corrected chi connectivity index (χ0v) is 19.7. The van der Waals surface area contributed by atoms with E-state index in [4.69, 9.17) is 18.9 Å². The third kappa shape index (κ3) is 5.48. The molecule has 33 heavy (non-hydrogen) atoms. The zero-order valence-electron chi connectivity index (χ0n) is 19.7. The Balaban J connectivity index is 1.61. The van der Waals surface area contributed by atoms with Crippen molar-refractivity contribution in [1.29, 1.82) is 0 Å². The molecule has 6 nitrogen and oxygen atoms in total. The molecule has 0 spiro atoms. The minimum Gasteiger partial charge on any atom is -0.394 e. The number of hydrogen-bond donors (Lipinski definition) is 2. The van der Waals surface area contributed by atoms with Crippen molar-refractivity contribution in [3.05, 3.63) is 70.8 Å². The molecule has 2 aromatic rings. The summed E-state index contributed by atoms with van der Waals surface area (Å²) in [7, 11) is 0. The predicted molar refractivity (Wildman–Crippen MR) is 125 cm³/mol. The van der Waals surface area contributed by atoms with Crippen LogP contribution in [0, 0.1) is 6.92 Å². The first-order valence-electron chi connectivity index (χ1n) is 12.1. The average molecular weight is 457 g/mol. The van der Waals surface area contributed by atoms with Crippen molar-refractivity contribution >= 4 is 0 Å². The van der Waals surface area contributed by atoms with Crippen molar-refractivity contribution in [2.75, 3.05) is 6.61 Å². The van der Waals surface area contributed by atoms with Gasteiger partial charge in [0.15, 0.2) is 12.6 Å². The second-order valence-corrected chi connectivity index (χ2v) is 9.08. The third-order valence-corrected chi connectivity index (χ3v) is 6.43. The van der Waals surface area contributed by atoms with E-state index in [1.54, 1.807) is 0 Å². The Labute approximate surface area is 196 Å². The van der Waals surface area contributed by atoms with Crippen LogP contribution in [0.15, 0.2) is 48.5 Å². The van der Waals surface area contributed by atoms with Gasteiger partial charge in [0.2, 0.25) is 0 Å². The maximum absolute atomic E-state index is 10.6. The van der Waals surface area contributed by atoms with Crippen LogP contribution < -0.4 is 0 Å². The SMILES string of the molecule is CCCc1ccc(C2OC(CCC)C3OC(c4ccc(C)cc4)OC(C(O)CO)C3O2)cc1. The topological polar surface area (TPSA) is 77.4 Å². The van der Waals surface area contributed by atoms with Gasteiger partial charge in [0.05, 0.1) is 12.7 Å². The van der Waals surface area contributed by atoms with E-state index in [-0.39, 0.29) is 6.10 Å². The van der Waals surface area contributed by atoms with E-state index in [2.05, 4.69) is 26.0 Å². The molecule has 7 atom stereocenters. The van der Waals surface area contributed by atoms with Crippen LogP contribution in [0.25, 0.3) is 0 Å². The van der Waals surface area contributed by atoms with E-state index in [0.29, 0.717) is 0 Å². The first-order valence-corrected chi connectivity index (χ1v) is 12.1. The van der Waals surface area contributed by atoms with Crippen LogP contribution in [-0.2, 0) is 25.4 Å². The minimum atomic E-state index is -1.10. The summed E-state index contributed by atoms with van der Waals surface area (Å²) >= 11 is 0. The molecule has 7 unspecified atom stereocenters. The van der Waals surface area contributed by atoms with Crippen molar-refractivity contribution in [3.63, 3.8) is 0 Å². The molecule has 6 heteroatoms. The van der Waals surface area contributed by atoms with Crippen LogP contribution in [0.2, 0.25) is 0 Å². The second kappa shape index (κ2) is 11.1. The van der Waals surface area contributed by atoms with E-state index in [1.807, 2.05) is 43.3 Å². The van der Waals surface area contributed by atoms with E-state index < -0.39 is 43.6 Å². The summed E-state index contributed by atoms with van der Waals surface area (Å²) < 4.78 is 25.3. The monoisotopic (exact) mass is 456 g/mol. The molecule has 2 aromatic carbocycles. The van der Waals surface area contributed by atoms with Crippen LogP contribution >= 0.6 is 0 Å². The summed E-state index contributed by atoms with van der Waals surface area (Å²) in [5.74, 6) is 0. The number of ether oxygens (including phenoxy) is 4. The quantitative estimate of drug-likeness (QED) is 0.614. The number of rotatable bonds is 8. The largest absolute Gasteiger partial charge is 0.394 e. The molecule has 2 N–H and O–H groups in total. The van der Waals surface area contributed by atoms with Crippen LogP contribution in [0.5, 0.6) is 0 Å². The maximum Gasteiger partial charge on any atom is 0.184 e. The molecule has 0 bridgehead atoms. The van der Waals surface area contributed by atoms with Gasteiger partial charge in [-0.1, -0.05) is 80.8 Å². The van der Waals surface area contributed by atoms with Gasteiger partial charge in [-0.25, -0.2) is 0 Å². The Morgan fingerprint density at radius 2 is 1.39 bits per heavy atom. The fourth-order valence-corrected chi connectivity index (χ4v) is 4.62. The first-order chi connectivity index (χ1) is 16.0. The summed E-state index contributed by atoms with van der Waals surface area (Å²) in [5, 5.41) is 20.4. The number of fused-ring (bicyclic) bond motifs is 1. The lowest BCUT2D eigenvalue weighted by Crippen LogP contribution is -2.61. The number of aliphatic hydroxyl groups excluding tert-OH is 2. The summed E-state index contributed by atoms with van der Waals surface area (Å²) in [6.07, 6.45) is -0.485. The molecule has 2 heterocycles. The van der Waals surface area contributed by atoms with Gasteiger partial charge in [0, 0.05) is 11.1 Å². The van der Waals surface area contributed by atoms with E-state index >= 15 is 0 Å². The van der Waals surface area contributed by atoms with Gasteiger partial charge in [-0.3, -0.25) is 0 Å². The standard InChI is InChI=1S/C27H36O6/c1-4-6-18-10-14-20(15-11-18)26-30-22(7-5-2)24-25(33-26)23(21(29)16-28)31-27(32-24)19-12-8-17(3)9-13-19/h8-15,21-29H,4-7,16H2,1-3H3. The van der Waals surface area contributed by atoms with Crippen molar-refractivity contribution in [2.45, 2.75) is 89.6 Å². The Hall–Kier alpha value is -1.80. The first kappa shape index (κ1) is 24.3. The Morgan fingerprint density at radius 1 is 0.788 bits per heavy atom. The molecular weight excluding hydrogens is 420 g/mol. The van der Waals surface area contributed by atoms with Gasteiger partial charge in [-0.2, -0.15) is 0 Å². The molecule has 0 aromatic heterocycles. The minimum absolute atomic E-state index is 0.223. The van der Waals surface area contributed by atoms with Crippen LogP contribution in [0.1, 0.15) is 67.9 Å². The number of aryl methyl sites for hydroxylation is 2. The lowest BCUT2D eigenvalue weighted by atomic mass is 9.93. The highest BCUT2D eigenvalue weighted by Gasteiger charge is 2.51. The highest BCUT2D eigenvalue weighted by molar-refractivity contribution is 5.25. The van der Waals surface area contributed by atoms with Gasteiger partial charge in [-0.05, 0) is 25.3 Å². The molecule has 180 valence electrons. The van der Waals surface area contributed by atoms with Crippen LogP contribution in [0.3, 0.4) is 0 Å². The van der Waals surface area contributed by atoms with Crippen LogP contribution in [0.4, 0.5) is 0 Å². The predicted octanol–water partition coefficient (Wildman–Crippen LogP) is 4.37. The van der Waals surface area contributed by atoms with Crippen molar-refractivity contribution in [2.24, 2.45) is 0 Å². The molecular formula is C27H36O6. The molecule has 4 rings (SSSR count). The Bertz CT molecular complexity index is 867. The molecule has 0 aliphatic carbocycles. The van der Waals surface area contributed by atoms with Gasteiger partial charge < -0.3 is 29.2 Å². The van der Waals surface area contributed by atoms with Crippen LogP contribution in [-0.4, -0.2) is 47.3 Å². The average Bonchev–Trinajstić information content (AvgIpc) is 2.84. The summed E-state index contributed by atoms with van der Waals surface area (Å²) in [4.78, 5) is 0. The van der Waals surface area contributed by atoms with E-state index in [0.717, 1.165) is 42.4 Å². The van der Waals surface area contributed by atoms with Crippen molar-refractivity contribution < 1.29 is 29.2 Å². The van der Waals surface area contributed by atoms with Crippen molar-refractivity contribution in [1.82, 2.24) is 0 Å². The Morgan fingerprint density at radius 3 is 2.00 bits per heavy atom. The number of hydrogen-bond acceptors (Lipinski definition) is 6. The lowest BCUT2D eigenvalue weighted by molar-refractivity contribution is -0.391. The molecule has 0 saturated carbocycles. The van der Waals surface area contributed by atoms with Crippen molar-refractivity contribution in [3.8, 4) is 0 Å². The van der Waals surface area contributed by atoms with E-state index in [9.17, 15) is 10.2 Å². The molecule has 0 amide bonds. The summed E-state index contributed by atoms with van der Waals surface area (Å²) in [5.41, 5.74) is 4.20. The third-order valence-electron chi connectivity index (χ3n) is 6.43. The lowest BCUT2D eigenvalue weighted by Gasteiger charge is -2.50. The van der Waals surface area contributed by atoms with Gasteiger partial charge in [-0.15, -0.1) is 0 Å². The smallest absolute Gasteiger partial charge is 0.184 e. The highest BCUT2D eigenvalue weighted by atomic mass is 16.8. The number of aliphatic hydroxyl groups is 2. The molecule has 2 saturated heterocycles. The number of benzene rings is 2. The van der Waals surface area contributed by atoms with E-state index in [1.165, 1.54) is 5.56 Å². The van der Waals surface area contributed by atoms with Gasteiger partial charge in [0.25, 0.3) is 0 Å². The highest BCUT2D eigenvalue weighted by Crippen LogP contribution is 2.42. The molecule has 0 radical (unpaired) electrons.